The first kappa shape index (κ1) is 9.81. The minimum atomic E-state index is -0.950. The highest BCUT2D eigenvalue weighted by Crippen LogP contribution is 2.16. The highest BCUT2D eigenvalue weighted by molar-refractivity contribution is 6.30. The van der Waals surface area contributed by atoms with Crippen LogP contribution in [-0.2, 0) is 4.79 Å². The van der Waals surface area contributed by atoms with E-state index in [-0.39, 0.29) is 0 Å². The Hall–Kier alpha value is -1.28. The fraction of sp³-hybridized carbons (Fsp3) is 0.100. The zero-order valence-electron chi connectivity index (χ0n) is 7.12. The lowest BCUT2D eigenvalue weighted by molar-refractivity contribution is -0.131. The maximum absolute atomic E-state index is 10.2. The second-order valence-electron chi connectivity index (χ2n) is 2.67. The molecule has 68 valence electrons. The molecule has 0 fully saturated rings. The third kappa shape index (κ3) is 2.92. The summed E-state index contributed by atoms with van der Waals surface area (Å²) in [6, 6.07) is 5.32. The second-order valence-corrected chi connectivity index (χ2v) is 3.11. The van der Waals surface area contributed by atoms with E-state index in [4.69, 9.17) is 16.7 Å². The molecule has 0 aromatic heterocycles. The quantitative estimate of drug-likeness (QED) is 0.739. The molecule has 3 heteroatoms. The van der Waals surface area contributed by atoms with Crippen molar-refractivity contribution in [3.05, 3.63) is 40.4 Å². The van der Waals surface area contributed by atoms with Crippen LogP contribution in [0.4, 0.5) is 0 Å². The lowest BCUT2D eigenvalue weighted by Crippen LogP contribution is -1.87. The van der Waals surface area contributed by atoms with Crippen molar-refractivity contribution in [3.63, 3.8) is 0 Å². The van der Waals surface area contributed by atoms with Crippen molar-refractivity contribution >= 4 is 23.6 Å². The third-order valence-electron chi connectivity index (χ3n) is 1.64. The highest BCUT2D eigenvalue weighted by atomic mass is 35.5. The Balaban J connectivity index is 2.96. The monoisotopic (exact) mass is 196 g/mol. The van der Waals surface area contributed by atoms with Crippen LogP contribution >= 0.6 is 11.6 Å². The Morgan fingerprint density at radius 2 is 2.23 bits per heavy atom. The predicted octanol–water partition coefficient (Wildman–Crippen LogP) is 2.75. The molecule has 1 rings (SSSR count). The highest BCUT2D eigenvalue weighted by Gasteiger charge is 1.95. The minimum Gasteiger partial charge on any atom is -0.478 e. The van der Waals surface area contributed by atoms with E-state index in [2.05, 4.69) is 0 Å². The summed E-state index contributed by atoms with van der Waals surface area (Å²) in [5.74, 6) is -0.950. The molecule has 0 radical (unpaired) electrons. The molecular weight excluding hydrogens is 188 g/mol. The van der Waals surface area contributed by atoms with Crippen LogP contribution in [-0.4, -0.2) is 11.1 Å². The van der Waals surface area contributed by atoms with Crippen molar-refractivity contribution in [2.24, 2.45) is 0 Å². The smallest absolute Gasteiger partial charge is 0.328 e. The van der Waals surface area contributed by atoms with Crippen LogP contribution in [0.15, 0.2) is 24.3 Å². The number of carboxylic acid groups (broad SMARTS) is 1. The Labute approximate surface area is 81.5 Å². The molecule has 1 N–H and O–H groups in total. The summed E-state index contributed by atoms with van der Waals surface area (Å²) >= 11 is 5.74. The number of carbonyl (C=O) groups is 1. The number of benzene rings is 1. The molecule has 1 aromatic rings. The Kier molecular flexibility index (Phi) is 3.09. The summed E-state index contributed by atoms with van der Waals surface area (Å²) in [5.41, 5.74) is 1.83. The van der Waals surface area contributed by atoms with E-state index >= 15 is 0 Å². The van der Waals surface area contributed by atoms with Crippen molar-refractivity contribution < 1.29 is 9.90 Å². The number of carboxylic acids is 1. The molecule has 1 aromatic carbocycles. The number of rotatable bonds is 2. The maximum atomic E-state index is 10.2. The topological polar surface area (TPSA) is 37.3 Å². The fourth-order valence-corrected chi connectivity index (χ4v) is 1.21. The van der Waals surface area contributed by atoms with Gasteiger partial charge in [0.25, 0.3) is 0 Å². The molecule has 0 aliphatic heterocycles. The summed E-state index contributed by atoms with van der Waals surface area (Å²) in [6.45, 7) is 1.88. The number of aryl methyl sites for hydroxylation is 1. The molecule has 0 aliphatic rings. The molecule has 0 amide bonds. The van der Waals surface area contributed by atoms with Gasteiger partial charge in [0.2, 0.25) is 0 Å². The lowest BCUT2D eigenvalue weighted by atomic mass is 10.1. The van der Waals surface area contributed by atoms with Crippen LogP contribution < -0.4 is 0 Å². The van der Waals surface area contributed by atoms with Crippen molar-refractivity contribution in [1.82, 2.24) is 0 Å². The summed E-state index contributed by atoms with van der Waals surface area (Å²) in [6.07, 6.45) is 2.66. The molecule has 0 saturated heterocycles. The Morgan fingerprint density at radius 3 is 2.77 bits per heavy atom. The van der Waals surface area contributed by atoms with Crippen molar-refractivity contribution in [2.45, 2.75) is 6.92 Å². The van der Waals surface area contributed by atoms with Crippen LogP contribution in [0.25, 0.3) is 6.08 Å². The van der Waals surface area contributed by atoms with E-state index in [1.54, 1.807) is 24.3 Å². The summed E-state index contributed by atoms with van der Waals surface area (Å²) in [5, 5.41) is 9.06. The van der Waals surface area contributed by atoms with E-state index < -0.39 is 5.97 Å². The van der Waals surface area contributed by atoms with Gasteiger partial charge >= 0.3 is 5.97 Å². The Morgan fingerprint density at radius 1 is 1.54 bits per heavy atom. The van der Waals surface area contributed by atoms with Crippen LogP contribution in [0.5, 0.6) is 0 Å². The van der Waals surface area contributed by atoms with Crippen molar-refractivity contribution in [3.8, 4) is 0 Å². The number of hydrogen-bond acceptors (Lipinski definition) is 1. The average Bonchev–Trinajstić information content (AvgIpc) is 2.02. The van der Waals surface area contributed by atoms with E-state index in [9.17, 15) is 4.79 Å². The van der Waals surface area contributed by atoms with Crippen LogP contribution in [0, 0.1) is 6.92 Å². The van der Waals surface area contributed by atoms with Gasteiger partial charge in [-0.2, -0.15) is 0 Å². The lowest BCUT2D eigenvalue weighted by Gasteiger charge is -1.99. The number of halogens is 1. The summed E-state index contributed by atoms with van der Waals surface area (Å²) in [4.78, 5) is 10.2. The molecule has 0 atom stereocenters. The fourth-order valence-electron chi connectivity index (χ4n) is 0.987. The zero-order valence-corrected chi connectivity index (χ0v) is 7.88. The van der Waals surface area contributed by atoms with Gasteiger partial charge in [-0.05, 0) is 36.3 Å². The molecular formula is C10H9ClO2. The standard InChI is InChI=1S/C10H9ClO2/c1-7-6-9(11)4-2-8(7)3-5-10(12)13/h2-6H,1H3,(H,12,13)/b5-3+. The van der Waals surface area contributed by atoms with E-state index in [1.165, 1.54) is 0 Å². The first-order valence-corrected chi connectivity index (χ1v) is 4.14. The number of aliphatic carboxylic acids is 1. The molecule has 13 heavy (non-hydrogen) atoms. The second kappa shape index (κ2) is 4.10. The van der Waals surface area contributed by atoms with Crippen LogP contribution in [0.1, 0.15) is 11.1 Å². The summed E-state index contributed by atoms with van der Waals surface area (Å²) < 4.78 is 0. The first-order valence-electron chi connectivity index (χ1n) is 3.77. The molecule has 0 unspecified atom stereocenters. The normalized spacial score (nSPS) is 10.6. The van der Waals surface area contributed by atoms with Gasteiger partial charge in [-0.25, -0.2) is 4.79 Å². The average molecular weight is 197 g/mol. The molecule has 2 nitrogen and oxygen atoms in total. The maximum Gasteiger partial charge on any atom is 0.328 e. The zero-order chi connectivity index (χ0) is 9.84. The molecule has 0 aliphatic carbocycles. The van der Waals surface area contributed by atoms with Crippen LogP contribution in [0.3, 0.4) is 0 Å². The van der Waals surface area contributed by atoms with Gasteiger partial charge in [0.1, 0.15) is 0 Å². The number of hydrogen-bond donors (Lipinski definition) is 1. The van der Waals surface area contributed by atoms with Gasteiger partial charge < -0.3 is 5.11 Å². The molecule has 0 heterocycles. The van der Waals surface area contributed by atoms with Crippen molar-refractivity contribution in [1.29, 1.82) is 0 Å². The van der Waals surface area contributed by atoms with Gasteiger partial charge in [-0.3, -0.25) is 0 Å². The van der Waals surface area contributed by atoms with E-state index in [1.807, 2.05) is 6.92 Å². The predicted molar refractivity (Wildman–Crippen MR) is 52.9 cm³/mol. The molecule has 0 saturated carbocycles. The van der Waals surface area contributed by atoms with Gasteiger partial charge in [0.15, 0.2) is 0 Å². The van der Waals surface area contributed by atoms with E-state index in [0.717, 1.165) is 17.2 Å². The Bertz CT molecular complexity index is 356. The van der Waals surface area contributed by atoms with Gasteiger partial charge in [-0.1, -0.05) is 17.7 Å². The summed E-state index contributed by atoms with van der Waals surface area (Å²) in [7, 11) is 0. The minimum absolute atomic E-state index is 0.657. The largest absolute Gasteiger partial charge is 0.478 e. The molecule has 0 bridgehead atoms. The SMILES string of the molecule is Cc1cc(Cl)ccc1/C=C/C(=O)O. The van der Waals surface area contributed by atoms with Crippen molar-refractivity contribution in [2.75, 3.05) is 0 Å². The first-order chi connectivity index (χ1) is 6.09. The van der Waals surface area contributed by atoms with Gasteiger partial charge in [-0.15, -0.1) is 0 Å². The van der Waals surface area contributed by atoms with E-state index in [0.29, 0.717) is 5.02 Å². The third-order valence-corrected chi connectivity index (χ3v) is 1.87. The van der Waals surface area contributed by atoms with Crippen LogP contribution in [0.2, 0.25) is 5.02 Å². The van der Waals surface area contributed by atoms with Gasteiger partial charge in [0.05, 0.1) is 0 Å². The van der Waals surface area contributed by atoms with Gasteiger partial charge in [0, 0.05) is 11.1 Å². The molecule has 0 spiro atoms.